The number of piperazine rings is 1. The van der Waals surface area contributed by atoms with Gasteiger partial charge in [0, 0.05) is 108 Å². The number of rotatable bonds is 14. The van der Waals surface area contributed by atoms with Gasteiger partial charge in [0.05, 0.1) is 17.7 Å². The van der Waals surface area contributed by atoms with Gasteiger partial charge in [-0.05, 0) is 86.7 Å². The van der Waals surface area contributed by atoms with Crippen molar-refractivity contribution in [1.29, 1.82) is 0 Å². The van der Waals surface area contributed by atoms with E-state index in [1.807, 2.05) is 36.8 Å². The fraction of sp³-hybridized carbons (Fsp3) is 0.304. The highest BCUT2D eigenvalue weighted by Crippen LogP contribution is 2.32. The highest BCUT2D eigenvalue weighted by atomic mass is 16.5. The Kier molecular flexibility index (Phi) is 10.9. The van der Waals surface area contributed by atoms with Crippen molar-refractivity contribution in [2.24, 2.45) is 0 Å². The van der Waals surface area contributed by atoms with Crippen molar-refractivity contribution < 1.29 is 23.9 Å². The van der Waals surface area contributed by atoms with E-state index >= 15 is 0 Å². The van der Waals surface area contributed by atoms with Crippen LogP contribution in [0.2, 0.25) is 0 Å². The zero-order valence-electron chi connectivity index (χ0n) is 32.9. The summed E-state index contributed by atoms with van der Waals surface area (Å²) >= 11 is 0. The summed E-state index contributed by atoms with van der Waals surface area (Å²) in [6.45, 7) is 10.9. The van der Waals surface area contributed by atoms with E-state index < -0.39 is 23.8 Å². The minimum Gasteiger partial charge on any atom is -0.489 e. The SMILES string of the molecule is C=C1CCC(N2C(=O)c3ccc(OCc4ccc(OCCCN5CCN(CCCc6ccc(-c7ccc8c(c7)[nH]c7ccncc78)cn6)CC5)nc4)cc3C2=O)C(=O)N1. The Balaban J connectivity index is 0.656. The molecule has 2 aromatic carbocycles. The van der Waals surface area contributed by atoms with Crippen LogP contribution in [0.1, 0.15) is 57.7 Å². The number of aryl methyl sites for hydroxylation is 1. The van der Waals surface area contributed by atoms with E-state index in [1.165, 1.54) is 5.39 Å². The molecule has 7 heterocycles. The predicted molar refractivity (Wildman–Crippen MR) is 224 cm³/mol. The molecule has 2 N–H and O–H groups in total. The first kappa shape index (κ1) is 38.1. The van der Waals surface area contributed by atoms with Crippen LogP contribution in [0, 0.1) is 0 Å². The van der Waals surface area contributed by atoms with Crippen molar-refractivity contribution in [3.8, 4) is 22.8 Å². The van der Waals surface area contributed by atoms with Crippen LogP contribution in [-0.4, -0.2) is 104 Å². The number of amides is 3. The Hall–Kier alpha value is -6.44. The molecule has 3 aliphatic heterocycles. The summed E-state index contributed by atoms with van der Waals surface area (Å²) in [5.74, 6) is -0.351. The molecule has 13 heteroatoms. The summed E-state index contributed by atoms with van der Waals surface area (Å²) < 4.78 is 11.9. The number of pyridine rings is 3. The van der Waals surface area contributed by atoms with Crippen LogP contribution >= 0.6 is 0 Å². The van der Waals surface area contributed by atoms with Crippen molar-refractivity contribution in [2.45, 2.75) is 44.8 Å². The molecule has 59 heavy (non-hydrogen) atoms. The third-order valence-electron chi connectivity index (χ3n) is 11.5. The zero-order valence-corrected chi connectivity index (χ0v) is 32.9. The van der Waals surface area contributed by atoms with Crippen molar-refractivity contribution in [1.82, 2.24) is 40.0 Å². The summed E-state index contributed by atoms with van der Waals surface area (Å²) in [5, 5.41) is 4.97. The normalized spacial score (nSPS) is 17.5. The highest BCUT2D eigenvalue weighted by molar-refractivity contribution is 6.23. The van der Waals surface area contributed by atoms with Crippen LogP contribution in [0.15, 0.2) is 104 Å². The molecule has 3 aliphatic rings. The maximum absolute atomic E-state index is 13.2. The second-order valence-electron chi connectivity index (χ2n) is 15.5. The molecule has 0 radical (unpaired) electrons. The number of nitrogens with one attached hydrogen (secondary N) is 2. The number of H-pyrrole nitrogens is 1. The number of allylic oxidation sites excluding steroid dienone is 1. The zero-order chi connectivity index (χ0) is 40.3. The number of carbonyl (C=O) groups is 3. The Morgan fingerprint density at radius 1 is 0.746 bits per heavy atom. The van der Waals surface area contributed by atoms with E-state index in [9.17, 15) is 14.4 Å². The highest BCUT2D eigenvalue weighted by Gasteiger charge is 2.44. The van der Waals surface area contributed by atoms with E-state index in [4.69, 9.17) is 14.5 Å². The first-order valence-electron chi connectivity index (χ1n) is 20.3. The number of fused-ring (bicyclic) bond motifs is 4. The minimum atomic E-state index is -0.852. The molecule has 0 aliphatic carbocycles. The fourth-order valence-electron chi connectivity index (χ4n) is 8.22. The number of piperidine rings is 1. The third-order valence-corrected chi connectivity index (χ3v) is 11.5. The minimum absolute atomic E-state index is 0.227. The predicted octanol–water partition coefficient (Wildman–Crippen LogP) is 6.16. The summed E-state index contributed by atoms with van der Waals surface area (Å²) in [7, 11) is 0. The Labute approximate surface area is 342 Å². The number of hydrogen-bond acceptors (Lipinski definition) is 10. The van der Waals surface area contributed by atoms with E-state index in [0.29, 0.717) is 36.8 Å². The maximum atomic E-state index is 13.2. The lowest BCUT2D eigenvalue weighted by molar-refractivity contribution is -0.125. The van der Waals surface area contributed by atoms with Gasteiger partial charge in [-0.2, -0.15) is 0 Å². The molecule has 2 saturated heterocycles. The lowest BCUT2D eigenvalue weighted by Gasteiger charge is -2.34. The van der Waals surface area contributed by atoms with E-state index in [-0.39, 0.29) is 17.7 Å². The lowest BCUT2D eigenvalue weighted by atomic mass is 10.0. The molecule has 2 fully saturated rings. The largest absolute Gasteiger partial charge is 0.489 e. The van der Waals surface area contributed by atoms with Gasteiger partial charge in [-0.1, -0.05) is 24.8 Å². The van der Waals surface area contributed by atoms with Gasteiger partial charge in [-0.25, -0.2) is 4.98 Å². The number of aromatic amines is 1. The van der Waals surface area contributed by atoms with Crippen LogP contribution < -0.4 is 14.8 Å². The second kappa shape index (κ2) is 16.8. The second-order valence-corrected chi connectivity index (χ2v) is 15.5. The molecule has 6 aromatic rings. The van der Waals surface area contributed by atoms with Crippen LogP contribution in [0.4, 0.5) is 0 Å². The summed E-state index contributed by atoms with van der Waals surface area (Å²) in [5.41, 5.74) is 7.53. The van der Waals surface area contributed by atoms with Crippen LogP contribution in [-0.2, 0) is 17.8 Å². The van der Waals surface area contributed by atoms with E-state index in [1.54, 1.807) is 24.4 Å². The molecule has 0 spiro atoms. The van der Waals surface area contributed by atoms with Crippen molar-refractivity contribution in [2.75, 3.05) is 45.9 Å². The summed E-state index contributed by atoms with van der Waals surface area (Å²) in [4.78, 5) is 61.8. The Morgan fingerprint density at radius 3 is 2.34 bits per heavy atom. The number of aromatic nitrogens is 4. The van der Waals surface area contributed by atoms with Gasteiger partial charge in [0.2, 0.25) is 11.8 Å². The molecular formula is C46H46N8O5. The van der Waals surface area contributed by atoms with Crippen LogP contribution in [0.25, 0.3) is 32.9 Å². The van der Waals surface area contributed by atoms with Crippen LogP contribution in [0.5, 0.6) is 11.6 Å². The third kappa shape index (κ3) is 8.30. The standard InChI is InChI=1S/C46H46N8O5/c1-30-5-13-42(44(55)50-30)54-45(56)37-12-10-35(25-38(37)46(54)57)59-29-31-6-14-43(49-26-31)58-23-3-18-53-21-19-52(20-22-53)17-2-4-34-9-7-33(27-48-34)32-8-11-36-39-28-47-16-15-40(39)51-41(36)24-32/h6-12,14-16,24-28,42,51H,1-5,13,17-23,29H2,(H,50,55). The topological polar surface area (TPSA) is 146 Å². The lowest BCUT2D eigenvalue weighted by Crippen LogP contribution is -2.51. The van der Waals surface area contributed by atoms with Gasteiger partial charge < -0.3 is 29.6 Å². The molecule has 300 valence electrons. The average molecular weight is 791 g/mol. The monoisotopic (exact) mass is 790 g/mol. The first-order chi connectivity index (χ1) is 28.9. The van der Waals surface area contributed by atoms with Gasteiger partial charge in [0.15, 0.2) is 0 Å². The Bertz CT molecular complexity index is 2530. The molecule has 1 atom stereocenters. The summed E-state index contributed by atoms with van der Waals surface area (Å²) in [6, 6.07) is 20.5. The van der Waals surface area contributed by atoms with Crippen molar-refractivity contribution >= 4 is 39.5 Å². The molecule has 1 unspecified atom stereocenters. The van der Waals surface area contributed by atoms with Gasteiger partial charge in [-0.3, -0.25) is 29.3 Å². The number of imide groups is 1. The van der Waals surface area contributed by atoms with Crippen molar-refractivity contribution in [3.05, 3.63) is 126 Å². The van der Waals surface area contributed by atoms with Crippen LogP contribution in [0.3, 0.4) is 0 Å². The number of carbonyl (C=O) groups excluding carboxylic acids is 3. The first-order valence-corrected chi connectivity index (χ1v) is 20.3. The van der Waals surface area contributed by atoms with Gasteiger partial charge in [-0.15, -0.1) is 0 Å². The molecule has 9 rings (SSSR count). The fourth-order valence-corrected chi connectivity index (χ4v) is 8.22. The molecular weight excluding hydrogens is 745 g/mol. The van der Waals surface area contributed by atoms with Gasteiger partial charge in [0.25, 0.3) is 11.8 Å². The quantitative estimate of drug-likeness (QED) is 0.0973. The number of ether oxygens (including phenoxy) is 2. The molecule has 0 bridgehead atoms. The van der Waals surface area contributed by atoms with E-state index in [0.717, 1.165) is 102 Å². The Morgan fingerprint density at radius 2 is 1.56 bits per heavy atom. The smallest absolute Gasteiger partial charge is 0.262 e. The van der Waals surface area contributed by atoms with Crippen molar-refractivity contribution in [3.63, 3.8) is 0 Å². The number of hydrogen-bond donors (Lipinski definition) is 2. The average Bonchev–Trinajstić information content (AvgIpc) is 3.75. The number of benzene rings is 2. The maximum Gasteiger partial charge on any atom is 0.262 e. The molecule has 13 nitrogen and oxygen atoms in total. The molecule has 0 saturated carbocycles. The number of nitrogens with zero attached hydrogens (tertiary/aromatic N) is 6. The molecule has 4 aromatic heterocycles. The van der Waals surface area contributed by atoms with E-state index in [2.05, 4.69) is 67.0 Å². The van der Waals surface area contributed by atoms with Gasteiger partial charge >= 0.3 is 0 Å². The molecule has 3 amide bonds. The van der Waals surface area contributed by atoms with Gasteiger partial charge in [0.1, 0.15) is 18.4 Å². The summed E-state index contributed by atoms with van der Waals surface area (Å²) in [6.07, 6.45) is 11.3.